The quantitative estimate of drug-likeness (QED) is 0.374. The number of hydrogen-bond donors (Lipinski definition) is 1. The number of benzene rings is 1. The van der Waals surface area contributed by atoms with Crippen LogP contribution in [0.3, 0.4) is 0 Å². The number of carbonyl (C=O) groups excluding carboxylic acids is 1. The minimum absolute atomic E-state index is 0.0446. The lowest BCUT2D eigenvalue weighted by Crippen LogP contribution is -2.43. The zero-order valence-corrected chi connectivity index (χ0v) is 24.0. The Kier molecular flexibility index (Phi) is 12.6. The molecule has 220 valence electrons. The van der Waals surface area contributed by atoms with Gasteiger partial charge in [-0.25, -0.2) is 5.06 Å². The Morgan fingerprint density at radius 1 is 1.15 bits per heavy atom. The summed E-state index contributed by atoms with van der Waals surface area (Å²) >= 11 is 0. The van der Waals surface area contributed by atoms with Crippen LogP contribution in [0.5, 0.6) is 17.2 Å². The lowest BCUT2D eigenvalue weighted by Gasteiger charge is -2.29. The molecule has 0 aromatic heterocycles. The molecule has 1 amide bonds. The first-order valence-corrected chi connectivity index (χ1v) is 14.3. The molecular formula is C29H46N2O8. The highest BCUT2D eigenvalue weighted by atomic mass is 16.7. The van der Waals surface area contributed by atoms with Crippen molar-refractivity contribution >= 4 is 11.9 Å². The van der Waals surface area contributed by atoms with E-state index in [9.17, 15) is 4.79 Å². The van der Waals surface area contributed by atoms with Crippen LogP contribution in [0.25, 0.3) is 0 Å². The number of nitrogens with zero attached hydrogens (tertiary/aromatic N) is 2. The third-order valence-electron chi connectivity index (χ3n) is 7.27. The molecule has 0 aliphatic carbocycles. The Hall–Kier alpha value is -2.56. The molecule has 3 heterocycles. The van der Waals surface area contributed by atoms with Gasteiger partial charge in [-0.3, -0.25) is 19.3 Å². The molecule has 3 atom stereocenters. The van der Waals surface area contributed by atoms with Gasteiger partial charge in [0.1, 0.15) is 0 Å². The minimum atomic E-state index is -0.833. The number of carboxylic acid groups (broad SMARTS) is 1. The van der Waals surface area contributed by atoms with Crippen LogP contribution in [-0.4, -0.2) is 85.8 Å². The number of fused-ring (bicyclic) bond motifs is 1. The number of ether oxygens (including phenoxy) is 4. The first-order chi connectivity index (χ1) is 18.9. The van der Waals surface area contributed by atoms with Crippen LogP contribution in [0, 0.1) is 0 Å². The Morgan fingerprint density at radius 2 is 1.95 bits per heavy atom. The fourth-order valence-corrected chi connectivity index (χ4v) is 5.44. The Labute approximate surface area is 232 Å². The van der Waals surface area contributed by atoms with Gasteiger partial charge in [-0.15, -0.1) is 0 Å². The number of carbonyl (C=O) groups is 2. The highest BCUT2D eigenvalue weighted by Gasteiger charge is 2.36. The second-order valence-corrected chi connectivity index (χ2v) is 10.4. The molecule has 1 aromatic rings. The average Bonchev–Trinajstić information content (AvgIpc) is 3.56. The second-order valence-electron chi connectivity index (χ2n) is 10.4. The molecule has 3 unspecified atom stereocenters. The maximum atomic E-state index is 13.2. The predicted octanol–water partition coefficient (Wildman–Crippen LogP) is 4.60. The van der Waals surface area contributed by atoms with Crippen LogP contribution in [0.4, 0.5) is 0 Å². The number of aliphatic carboxylic acids is 1. The van der Waals surface area contributed by atoms with Gasteiger partial charge in [-0.2, -0.15) is 0 Å². The monoisotopic (exact) mass is 550 g/mol. The van der Waals surface area contributed by atoms with E-state index >= 15 is 0 Å². The van der Waals surface area contributed by atoms with Crippen molar-refractivity contribution in [3.05, 3.63) is 17.7 Å². The third-order valence-corrected chi connectivity index (χ3v) is 7.27. The fraction of sp³-hybridized carbons (Fsp3) is 0.724. The second kappa shape index (κ2) is 15.9. The predicted molar refractivity (Wildman–Crippen MR) is 146 cm³/mol. The minimum Gasteiger partial charge on any atom is -0.493 e. The van der Waals surface area contributed by atoms with Gasteiger partial charge in [0.2, 0.25) is 12.5 Å². The number of likely N-dealkylation sites (tertiary alicyclic amines) is 1. The summed E-state index contributed by atoms with van der Waals surface area (Å²) < 4.78 is 22.8. The van der Waals surface area contributed by atoms with Crippen molar-refractivity contribution in [3.63, 3.8) is 0 Å². The zero-order chi connectivity index (χ0) is 28.2. The van der Waals surface area contributed by atoms with E-state index in [0.717, 1.165) is 64.3 Å². The average molecular weight is 551 g/mol. The molecule has 0 spiro atoms. The van der Waals surface area contributed by atoms with E-state index in [1.54, 1.807) is 12.2 Å². The summed E-state index contributed by atoms with van der Waals surface area (Å²) in [5.74, 6) is 1.63. The van der Waals surface area contributed by atoms with E-state index in [-0.39, 0.29) is 12.7 Å². The van der Waals surface area contributed by atoms with Crippen LogP contribution in [0.2, 0.25) is 0 Å². The summed E-state index contributed by atoms with van der Waals surface area (Å²) in [6, 6.07) is 4.47. The zero-order valence-electron chi connectivity index (χ0n) is 24.0. The van der Waals surface area contributed by atoms with Gasteiger partial charge in [-0.1, -0.05) is 13.8 Å². The third kappa shape index (κ3) is 9.25. The van der Waals surface area contributed by atoms with E-state index in [1.807, 2.05) is 0 Å². The van der Waals surface area contributed by atoms with Crippen LogP contribution < -0.4 is 14.2 Å². The molecule has 4 rings (SSSR count). The topological polar surface area (TPSA) is 107 Å². The molecule has 1 aromatic carbocycles. The summed E-state index contributed by atoms with van der Waals surface area (Å²) in [5, 5.41) is 8.99. The van der Waals surface area contributed by atoms with Crippen LogP contribution >= 0.6 is 0 Å². The standard InChI is InChI=1S/C27H42N2O6.C2H4O2/c1-4-11-29(35-12-5-2)26(30)18-28-17-21(14-22(28)9-10-23-8-6-7-13-32-23)20-15-24(31-3)27-25(16-20)33-19-34-27;1-2(3)4/h15-16,21-23H,4-14,17-19H2,1-3H3;1H3,(H,3,4). The lowest BCUT2D eigenvalue weighted by molar-refractivity contribution is -0.188. The number of rotatable bonds is 12. The highest BCUT2D eigenvalue weighted by molar-refractivity contribution is 5.77. The van der Waals surface area contributed by atoms with Crippen LogP contribution in [0.1, 0.15) is 83.6 Å². The van der Waals surface area contributed by atoms with E-state index < -0.39 is 5.97 Å². The van der Waals surface area contributed by atoms with Crippen LogP contribution in [-0.2, 0) is 19.2 Å². The number of hydrogen-bond acceptors (Lipinski definition) is 8. The molecule has 0 bridgehead atoms. The Morgan fingerprint density at radius 3 is 2.62 bits per heavy atom. The van der Waals surface area contributed by atoms with Gasteiger partial charge in [0.05, 0.1) is 26.4 Å². The summed E-state index contributed by atoms with van der Waals surface area (Å²) in [6.07, 6.45) is 8.72. The van der Waals surface area contributed by atoms with Crippen molar-refractivity contribution in [3.8, 4) is 17.2 Å². The molecule has 1 N–H and O–H groups in total. The molecule has 2 saturated heterocycles. The number of hydroxylamine groups is 2. The molecule has 3 aliphatic rings. The molecule has 0 saturated carbocycles. The van der Waals surface area contributed by atoms with Crippen molar-refractivity contribution in [2.45, 2.75) is 90.2 Å². The highest BCUT2D eigenvalue weighted by Crippen LogP contribution is 2.45. The van der Waals surface area contributed by atoms with E-state index in [4.69, 9.17) is 33.7 Å². The Balaban J connectivity index is 0.000000983. The van der Waals surface area contributed by atoms with Crippen molar-refractivity contribution in [1.29, 1.82) is 0 Å². The van der Waals surface area contributed by atoms with Gasteiger partial charge < -0.3 is 24.1 Å². The fourth-order valence-electron chi connectivity index (χ4n) is 5.44. The van der Waals surface area contributed by atoms with E-state index in [2.05, 4.69) is 30.9 Å². The number of amides is 1. The van der Waals surface area contributed by atoms with Crippen molar-refractivity contribution in [2.24, 2.45) is 0 Å². The largest absolute Gasteiger partial charge is 0.493 e. The summed E-state index contributed by atoms with van der Waals surface area (Å²) in [7, 11) is 1.66. The summed E-state index contributed by atoms with van der Waals surface area (Å²) in [4.78, 5) is 30.4. The molecule has 39 heavy (non-hydrogen) atoms. The molecule has 10 heteroatoms. The van der Waals surface area contributed by atoms with Gasteiger partial charge in [0, 0.05) is 32.7 Å². The van der Waals surface area contributed by atoms with Crippen molar-refractivity contribution in [2.75, 3.05) is 46.8 Å². The van der Waals surface area contributed by atoms with Gasteiger partial charge in [0.25, 0.3) is 11.9 Å². The first kappa shape index (κ1) is 31.0. The Bertz CT molecular complexity index is 917. The van der Waals surface area contributed by atoms with Gasteiger partial charge in [-0.05, 0) is 75.0 Å². The van der Waals surface area contributed by atoms with Crippen LogP contribution in [0.15, 0.2) is 12.1 Å². The normalized spacial score (nSPS) is 22.2. The maximum Gasteiger partial charge on any atom is 0.300 e. The summed E-state index contributed by atoms with van der Waals surface area (Å²) in [5.41, 5.74) is 1.17. The molecule has 3 aliphatic heterocycles. The van der Waals surface area contributed by atoms with Gasteiger partial charge in [0.15, 0.2) is 11.5 Å². The first-order valence-electron chi connectivity index (χ1n) is 14.3. The maximum absolute atomic E-state index is 13.2. The number of carboxylic acids is 1. The lowest BCUT2D eigenvalue weighted by atomic mass is 9.93. The SMILES string of the molecule is CC(=O)O.CCCON(CCC)C(=O)CN1CC(c2cc(OC)c3c(c2)OCO3)CC1CCC1CCCCO1. The van der Waals surface area contributed by atoms with E-state index in [1.165, 1.54) is 18.4 Å². The molecule has 10 nitrogen and oxygen atoms in total. The summed E-state index contributed by atoms with van der Waals surface area (Å²) in [6.45, 7) is 8.68. The molecular weight excluding hydrogens is 504 g/mol. The van der Waals surface area contributed by atoms with Crippen molar-refractivity contribution in [1.82, 2.24) is 9.96 Å². The van der Waals surface area contributed by atoms with Gasteiger partial charge >= 0.3 is 0 Å². The molecule has 0 radical (unpaired) electrons. The van der Waals surface area contributed by atoms with Crippen molar-refractivity contribution < 1.29 is 38.5 Å². The number of methoxy groups -OCH3 is 1. The van der Waals surface area contributed by atoms with E-state index in [0.29, 0.717) is 49.3 Å². The smallest absolute Gasteiger partial charge is 0.300 e. The molecule has 2 fully saturated rings.